The van der Waals surface area contributed by atoms with Gasteiger partial charge in [-0.05, 0) is 170 Å². The van der Waals surface area contributed by atoms with Crippen LogP contribution in [0.2, 0.25) is 0 Å². The Kier molecular flexibility index (Phi) is 17.0. The number of alkyl halides is 12. The van der Waals surface area contributed by atoms with Crippen LogP contribution in [0.1, 0.15) is 132 Å². The van der Waals surface area contributed by atoms with Gasteiger partial charge in [-0.2, -0.15) is 52.7 Å². The third-order valence-electron chi connectivity index (χ3n) is 15.3. The quantitative estimate of drug-likeness (QED) is 0.0574. The Morgan fingerprint density at radius 3 is 1.39 bits per heavy atom. The summed E-state index contributed by atoms with van der Waals surface area (Å²) in [6, 6.07) is 10.1. The third kappa shape index (κ3) is 12.5. The van der Waals surface area contributed by atoms with Crippen molar-refractivity contribution in [2.75, 3.05) is 14.2 Å². The lowest BCUT2D eigenvalue weighted by atomic mass is 9.77. The summed E-state index contributed by atoms with van der Waals surface area (Å²) in [4.78, 5) is 42.2. The molecule has 3 aromatic heterocycles. The number of ether oxygens (including phenoxy) is 4. The zero-order chi connectivity index (χ0) is 61.8. The molecular weight excluding hydrogens is 1130 g/mol. The number of carbonyl (C=O) groups excluding carboxylic acids is 2. The molecule has 0 fully saturated rings. The Morgan fingerprint density at radius 1 is 0.571 bits per heavy atom. The molecule has 2 aliphatic heterocycles. The number of aryl methyl sites for hydroxylation is 4. The van der Waals surface area contributed by atoms with Gasteiger partial charge in [0.15, 0.2) is 0 Å². The van der Waals surface area contributed by atoms with Crippen molar-refractivity contribution in [3.05, 3.63) is 151 Å². The van der Waals surface area contributed by atoms with Crippen LogP contribution in [0.5, 0.6) is 11.5 Å². The molecule has 0 saturated carbocycles. The van der Waals surface area contributed by atoms with Crippen molar-refractivity contribution in [3.63, 3.8) is 0 Å². The molecular formula is C60H56F12N4O8. The lowest BCUT2D eigenvalue weighted by Crippen LogP contribution is -2.43. The van der Waals surface area contributed by atoms with Crippen LogP contribution in [-0.4, -0.2) is 56.3 Å². The van der Waals surface area contributed by atoms with E-state index in [0.29, 0.717) is 91.8 Å². The van der Waals surface area contributed by atoms with Crippen LogP contribution in [0.25, 0.3) is 44.3 Å². The topological polar surface area (TPSA) is 169 Å². The van der Waals surface area contributed by atoms with Gasteiger partial charge in [-0.3, -0.25) is 14.6 Å². The van der Waals surface area contributed by atoms with Gasteiger partial charge in [0.2, 0.25) is 0 Å². The van der Waals surface area contributed by atoms with E-state index in [4.69, 9.17) is 28.9 Å². The highest BCUT2D eigenvalue weighted by atomic mass is 19.4. The minimum atomic E-state index is -5.25. The van der Waals surface area contributed by atoms with E-state index >= 15 is 0 Å². The average molecular weight is 1190 g/mol. The number of aromatic amines is 2. The van der Waals surface area contributed by atoms with E-state index in [1.54, 1.807) is 26.8 Å². The third-order valence-corrected chi connectivity index (χ3v) is 15.3. The lowest BCUT2D eigenvalue weighted by molar-refractivity contribution is -0.148. The number of carbonyl (C=O) groups is 2. The second-order valence-corrected chi connectivity index (χ2v) is 20.6. The van der Waals surface area contributed by atoms with Crippen molar-refractivity contribution in [2.24, 2.45) is 0 Å². The van der Waals surface area contributed by atoms with Crippen LogP contribution in [0.15, 0.2) is 72.8 Å². The normalized spacial score (nSPS) is 16.7. The largest absolute Gasteiger partial charge is 0.489 e. The number of benzene rings is 3. The van der Waals surface area contributed by atoms with Crippen molar-refractivity contribution in [2.45, 2.75) is 129 Å². The average Bonchev–Trinajstić information content (AvgIpc) is 1.73. The first-order valence-corrected chi connectivity index (χ1v) is 26.1. The first kappa shape index (κ1) is 62.2. The first-order valence-electron chi connectivity index (χ1n) is 26.1. The molecule has 0 aliphatic carbocycles. The summed E-state index contributed by atoms with van der Waals surface area (Å²) in [6.45, 7) is 7.96. The van der Waals surface area contributed by atoms with Crippen molar-refractivity contribution < 1.29 is 91.4 Å². The Hall–Kier alpha value is -7.86. The predicted octanol–water partition coefficient (Wildman–Crippen LogP) is 14.9. The number of H-pyrrole nitrogens is 2. The lowest BCUT2D eigenvalue weighted by Gasteiger charge is -2.35. The predicted molar refractivity (Wildman–Crippen MR) is 285 cm³/mol. The first-order chi connectivity index (χ1) is 39.1. The molecule has 5 heterocycles. The fourth-order valence-electron chi connectivity index (χ4n) is 10.6. The van der Waals surface area contributed by atoms with Crippen molar-refractivity contribution in [1.29, 1.82) is 0 Å². The molecule has 12 nitrogen and oxygen atoms in total. The van der Waals surface area contributed by atoms with Crippen LogP contribution in [-0.2, 0) is 81.0 Å². The minimum absolute atomic E-state index is 0.0185. The van der Waals surface area contributed by atoms with Gasteiger partial charge in [0.25, 0.3) is 0 Å². The monoisotopic (exact) mass is 1190 g/mol. The zero-order valence-electron chi connectivity index (χ0n) is 46.4. The molecule has 8 rings (SSSR count). The number of aliphatic hydroxyl groups is 2. The number of aromatic nitrogens is 4. The molecule has 0 spiro atoms. The fraction of sp³-hybridized carbons (Fsp3) is 0.367. The zero-order valence-corrected chi connectivity index (χ0v) is 46.4. The fourth-order valence-corrected chi connectivity index (χ4v) is 10.6. The van der Waals surface area contributed by atoms with Gasteiger partial charge < -0.3 is 39.1 Å². The van der Waals surface area contributed by atoms with Gasteiger partial charge in [0.05, 0.1) is 59.2 Å². The van der Waals surface area contributed by atoms with Crippen LogP contribution >= 0.6 is 0 Å². The standard InChI is InChI=1S/C60H56F12N4O8/c1-9-41-31(5)53-52(34-19-39(83-27-32-15-35(57(61,62)63)21-36(16-32)58(64,65)66)23-40(20-34)84-28-33-17-37(59(67,68)69)22-38(18-33)60(70,71)72)54-55(6,79)56(80,10-2)49(76-54)26-45-30(4)43(12-14-51(78)82-8)48(74-45)25-47-42(11-13-50(77)81-7)29(3)44(73-47)24-46(41)75-53/h15-26,73-74,79-80H,9-14,27-28H2,1-8H3. The number of nitrogens with zero attached hydrogens (tertiary/aromatic N) is 2. The van der Waals surface area contributed by atoms with Crippen molar-refractivity contribution in [1.82, 2.24) is 19.9 Å². The Morgan fingerprint density at radius 2 is 1.00 bits per heavy atom. The molecule has 84 heavy (non-hydrogen) atoms. The maximum absolute atomic E-state index is 14.1. The molecule has 24 heteroatoms. The molecule has 448 valence electrons. The van der Waals surface area contributed by atoms with E-state index in [9.17, 15) is 72.5 Å². The van der Waals surface area contributed by atoms with Crippen LogP contribution < -0.4 is 9.47 Å². The number of esters is 2. The number of allylic oxidation sites excluding steroid dienone is 2. The maximum atomic E-state index is 14.1. The van der Waals surface area contributed by atoms with Gasteiger partial charge in [0, 0.05) is 46.5 Å². The van der Waals surface area contributed by atoms with E-state index in [0.717, 1.165) is 6.07 Å². The number of hydrogen-bond acceptors (Lipinski definition) is 10. The van der Waals surface area contributed by atoms with Crippen LogP contribution in [0, 0.1) is 13.8 Å². The molecule has 2 unspecified atom stereocenters. The van der Waals surface area contributed by atoms with Gasteiger partial charge >= 0.3 is 36.6 Å². The molecule has 6 aromatic rings. The molecule has 0 saturated heterocycles. The summed E-state index contributed by atoms with van der Waals surface area (Å²) in [5.74, 6) is -1.78. The summed E-state index contributed by atoms with van der Waals surface area (Å²) in [5.41, 5.74) is -7.04. The van der Waals surface area contributed by atoms with Gasteiger partial charge in [-0.15, -0.1) is 0 Å². The molecule has 4 N–H and O–H groups in total. The van der Waals surface area contributed by atoms with Gasteiger partial charge in [0.1, 0.15) is 35.9 Å². The summed E-state index contributed by atoms with van der Waals surface area (Å²) < 4.78 is 191. The molecule has 0 radical (unpaired) electrons. The minimum Gasteiger partial charge on any atom is -0.489 e. The van der Waals surface area contributed by atoms with Gasteiger partial charge in [-0.1, -0.05) is 13.8 Å². The second-order valence-electron chi connectivity index (χ2n) is 20.6. The highest BCUT2D eigenvalue weighted by Crippen LogP contribution is 2.52. The second kappa shape index (κ2) is 23.0. The van der Waals surface area contributed by atoms with Crippen LogP contribution in [0.3, 0.4) is 0 Å². The summed E-state index contributed by atoms with van der Waals surface area (Å²) in [5, 5.41) is 25.9. The summed E-state index contributed by atoms with van der Waals surface area (Å²) in [6.07, 6.45) is -20.6. The Labute approximate surface area is 472 Å². The van der Waals surface area contributed by atoms with E-state index in [1.807, 2.05) is 19.9 Å². The number of hydrogen-bond donors (Lipinski definition) is 4. The maximum Gasteiger partial charge on any atom is 0.416 e. The smallest absolute Gasteiger partial charge is 0.416 e. The molecule has 2 aliphatic rings. The number of fused-ring (bicyclic) bond motifs is 8. The molecule has 0 amide bonds. The highest BCUT2D eigenvalue weighted by Gasteiger charge is 2.55. The van der Waals surface area contributed by atoms with E-state index in [1.165, 1.54) is 39.3 Å². The van der Waals surface area contributed by atoms with Crippen LogP contribution in [0.4, 0.5) is 52.7 Å². The number of nitrogens with one attached hydrogen (secondary N) is 2. The van der Waals surface area contributed by atoms with E-state index in [-0.39, 0.29) is 83.9 Å². The Bertz CT molecular complexity index is 3620. The molecule has 2 atom stereocenters. The number of rotatable bonds is 15. The molecule has 3 aromatic carbocycles. The number of halogens is 12. The van der Waals surface area contributed by atoms with Gasteiger partial charge in [-0.25, -0.2) is 4.98 Å². The number of methoxy groups -OCH3 is 2. The van der Waals surface area contributed by atoms with Crippen molar-refractivity contribution >= 4 is 45.2 Å². The van der Waals surface area contributed by atoms with Crippen molar-refractivity contribution in [3.8, 4) is 22.6 Å². The Balaban J connectivity index is 1.48. The summed E-state index contributed by atoms with van der Waals surface area (Å²) in [7, 11) is 2.50. The summed E-state index contributed by atoms with van der Waals surface area (Å²) >= 11 is 0. The van der Waals surface area contributed by atoms with E-state index in [2.05, 4.69) is 9.97 Å². The molecule has 8 bridgehead atoms. The van der Waals surface area contributed by atoms with E-state index < -0.39 is 94.4 Å². The SMILES string of the molecule is CCC1=C(C)c2nc1cc1[nH]c(cc3[nH]c(cc4nc(c2-c2cc(OCc5cc(C(F)(F)F)cc(C(F)(F)F)c5)cc(OCc5cc(C(F)(F)F)cc(C(F)(F)F)c5)c2)C(C)(O)C4(O)CC)c(C)c3CCC(=O)OC)c(CCC(=O)OC)c1C. The highest BCUT2D eigenvalue weighted by molar-refractivity contribution is 5.97.